The molecule has 0 bridgehead atoms. The van der Waals surface area contributed by atoms with E-state index >= 15 is 0 Å². The van der Waals surface area contributed by atoms with Gasteiger partial charge in [-0.05, 0) is 24.7 Å². The third-order valence-corrected chi connectivity index (χ3v) is 3.29. The molecule has 0 unspecified atom stereocenters. The van der Waals surface area contributed by atoms with Crippen LogP contribution in [0, 0.1) is 17.3 Å². The highest BCUT2D eigenvalue weighted by Crippen LogP contribution is 2.35. The van der Waals surface area contributed by atoms with E-state index in [1.54, 1.807) is 0 Å². The monoisotopic (exact) mass is 272 g/mol. The Kier molecular flexibility index (Phi) is 7.72. The highest BCUT2D eigenvalue weighted by Gasteiger charge is 2.48. The third kappa shape index (κ3) is 5.21. The molecule has 0 saturated heterocycles. The van der Waals surface area contributed by atoms with Crippen LogP contribution in [-0.4, -0.2) is 26.2 Å². The molecule has 0 aromatic carbocycles. The van der Waals surface area contributed by atoms with Crippen molar-refractivity contribution < 1.29 is 19.1 Å². The quantitative estimate of drug-likeness (QED) is 0.503. The molecule has 4 nitrogen and oxygen atoms in total. The number of esters is 2. The molecule has 0 fully saturated rings. The summed E-state index contributed by atoms with van der Waals surface area (Å²) in [6.07, 6.45) is 2.75. The number of carbonyl (C=O) groups is 2. The van der Waals surface area contributed by atoms with Gasteiger partial charge in [0, 0.05) is 0 Å². The Morgan fingerprint density at radius 3 is 1.74 bits per heavy atom. The highest BCUT2D eigenvalue weighted by molar-refractivity contribution is 6.00. The molecule has 0 heterocycles. The molecular formula is C15H28O4. The molecule has 0 aromatic rings. The molecule has 0 amide bonds. The van der Waals surface area contributed by atoms with E-state index < -0.39 is 17.4 Å². The van der Waals surface area contributed by atoms with Gasteiger partial charge in [-0.1, -0.05) is 40.5 Å². The second-order valence-electron chi connectivity index (χ2n) is 5.95. The zero-order valence-corrected chi connectivity index (χ0v) is 13.1. The molecule has 19 heavy (non-hydrogen) atoms. The second kappa shape index (κ2) is 8.18. The minimum absolute atomic E-state index is 0.220. The minimum Gasteiger partial charge on any atom is -0.468 e. The summed E-state index contributed by atoms with van der Waals surface area (Å²) in [7, 11) is 2.64. The minimum atomic E-state index is -1.15. The SMILES string of the molecule is COC(=O)C(CCCC(C)C)(CC(C)C)C(=O)OC. The standard InChI is InChI=1S/C15H28O4/c1-11(2)8-7-9-15(10-12(3)4,13(16)18-5)14(17)19-6/h11-12H,7-10H2,1-6H3. The first-order chi connectivity index (χ1) is 8.80. The molecule has 0 saturated carbocycles. The summed E-state index contributed by atoms with van der Waals surface area (Å²) in [6.45, 7) is 8.23. The fourth-order valence-corrected chi connectivity index (χ4v) is 2.46. The summed E-state index contributed by atoms with van der Waals surface area (Å²) in [5, 5.41) is 0. The maximum absolute atomic E-state index is 12.1. The maximum atomic E-state index is 12.1. The highest BCUT2D eigenvalue weighted by atomic mass is 16.5. The number of hydrogen-bond donors (Lipinski definition) is 0. The van der Waals surface area contributed by atoms with E-state index in [0.29, 0.717) is 18.8 Å². The van der Waals surface area contributed by atoms with Crippen molar-refractivity contribution in [2.75, 3.05) is 14.2 Å². The maximum Gasteiger partial charge on any atom is 0.323 e. The van der Waals surface area contributed by atoms with Gasteiger partial charge in [-0.2, -0.15) is 0 Å². The van der Waals surface area contributed by atoms with E-state index in [2.05, 4.69) is 13.8 Å². The molecule has 0 aromatic heterocycles. The number of methoxy groups -OCH3 is 2. The van der Waals surface area contributed by atoms with Crippen LogP contribution < -0.4 is 0 Å². The molecule has 0 radical (unpaired) electrons. The number of hydrogen-bond acceptors (Lipinski definition) is 4. The largest absolute Gasteiger partial charge is 0.468 e. The number of ether oxygens (including phenoxy) is 2. The molecule has 0 atom stereocenters. The molecule has 112 valence electrons. The van der Waals surface area contributed by atoms with Gasteiger partial charge in [0.2, 0.25) is 0 Å². The van der Waals surface area contributed by atoms with E-state index in [4.69, 9.17) is 9.47 Å². The van der Waals surface area contributed by atoms with E-state index in [0.717, 1.165) is 12.8 Å². The van der Waals surface area contributed by atoms with Crippen LogP contribution in [0.3, 0.4) is 0 Å². The lowest BCUT2D eigenvalue weighted by molar-refractivity contribution is -0.171. The van der Waals surface area contributed by atoms with Crippen molar-refractivity contribution in [1.82, 2.24) is 0 Å². The Hall–Kier alpha value is -1.06. The molecule has 0 aliphatic heterocycles. The van der Waals surface area contributed by atoms with Gasteiger partial charge >= 0.3 is 11.9 Å². The first-order valence-electron chi connectivity index (χ1n) is 6.97. The molecule has 0 aliphatic carbocycles. The Labute approximate surface area is 116 Å². The average molecular weight is 272 g/mol. The summed E-state index contributed by atoms with van der Waals surface area (Å²) in [4.78, 5) is 24.2. The first kappa shape index (κ1) is 17.9. The summed E-state index contributed by atoms with van der Waals surface area (Å²) >= 11 is 0. The average Bonchev–Trinajstić information content (AvgIpc) is 2.34. The van der Waals surface area contributed by atoms with Gasteiger partial charge in [-0.3, -0.25) is 9.59 Å². The summed E-state index contributed by atoms with van der Waals surface area (Å²) < 4.78 is 9.71. The second-order valence-corrected chi connectivity index (χ2v) is 5.95. The third-order valence-electron chi connectivity index (χ3n) is 3.29. The summed E-state index contributed by atoms with van der Waals surface area (Å²) in [5.74, 6) is -0.182. The molecule has 4 heteroatoms. The van der Waals surface area contributed by atoms with Gasteiger partial charge < -0.3 is 9.47 Å². The molecule has 0 N–H and O–H groups in total. The Morgan fingerprint density at radius 1 is 0.947 bits per heavy atom. The van der Waals surface area contributed by atoms with Crippen LogP contribution in [0.1, 0.15) is 53.4 Å². The molecule has 0 aliphatic rings. The van der Waals surface area contributed by atoms with Crippen LogP contribution in [0.2, 0.25) is 0 Å². The van der Waals surface area contributed by atoms with Crippen LogP contribution in [0.25, 0.3) is 0 Å². The predicted molar refractivity (Wildman–Crippen MR) is 74.6 cm³/mol. The predicted octanol–water partition coefficient (Wildman–Crippen LogP) is 3.19. The number of carbonyl (C=O) groups excluding carboxylic acids is 2. The van der Waals surface area contributed by atoms with Crippen LogP contribution in [-0.2, 0) is 19.1 Å². The van der Waals surface area contributed by atoms with E-state index in [1.165, 1.54) is 14.2 Å². The molecular weight excluding hydrogens is 244 g/mol. The van der Waals surface area contributed by atoms with Gasteiger partial charge in [0.1, 0.15) is 0 Å². The topological polar surface area (TPSA) is 52.6 Å². The van der Waals surface area contributed by atoms with E-state index in [1.807, 2.05) is 13.8 Å². The van der Waals surface area contributed by atoms with Gasteiger partial charge in [0.15, 0.2) is 5.41 Å². The van der Waals surface area contributed by atoms with Crippen molar-refractivity contribution in [3.05, 3.63) is 0 Å². The van der Waals surface area contributed by atoms with Crippen LogP contribution in [0.4, 0.5) is 0 Å². The Morgan fingerprint density at radius 2 is 1.42 bits per heavy atom. The smallest absolute Gasteiger partial charge is 0.323 e. The fourth-order valence-electron chi connectivity index (χ4n) is 2.46. The van der Waals surface area contributed by atoms with Gasteiger partial charge in [-0.25, -0.2) is 0 Å². The van der Waals surface area contributed by atoms with Crippen LogP contribution in [0.15, 0.2) is 0 Å². The van der Waals surface area contributed by atoms with E-state index in [9.17, 15) is 9.59 Å². The normalized spacial score (nSPS) is 11.8. The summed E-state index contributed by atoms with van der Waals surface area (Å²) in [5.41, 5.74) is -1.15. The lowest BCUT2D eigenvalue weighted by Gasteiger charge is -2.30. The molecule has 0 rings (SSSR count). The van der Waals surface area contributed by atoms with Crippen LogP contribution in [0.5, 0.6) is 0 Å². The summed E-state index contributed by atoms with van der Waals surface area (Å²) in [6, 6.07) is 0. The van der Waals surface area contributed by atoms with Gasteiger partial charge in [-0.15, -0.1) is 0 Å². The Bertz CT molecular complexity index is 279. The zero-order valence-electron chi connectivity index (χ0n) is 13.1. The fraction of sp³-hybridized carbons (Fsp3) is 0.867. The lowest BCUT2D eigenvalue weighted by Crippen LogP contribution is -2.42. The van der Waals surface area contributed by atoms with Crippen LogP contribution >= 0.6 is 0 Å². The van der Waals surface area contributed by atoms with E-state index in [-0.39, 0.29) is 5.92 Å². The zero-order chi connectivity index (χ0) is 15.1. The van der Waals surface area contributed by atoms with Crippen molar-refractivity contribution in [1.29, 1.82) is 0 Å². The molecule has 0 spiro atoms. The van der Waals surface area contributed by atoms with Crippen molar-refractivity contribution in [3.63, 3.8) is 0 Å². The number of rotatable bonds is 8. The van der Waals surface area contributed by atoms with Gasteiger partial charge in [0.05, 0.1) is 14.2 Å². The Balaban J connectivity index is 5.12. The van der Waals surface area contributed by atoms with Gasteiger partial charge in [0.25, 0.3) is 0 Å². The van der Waals surface area contributed by atoms with Crippen molar-refractivity contribution in [3.8, 4) is 0 Å². The van der Waals surface area contributed by atoms with Crippen molar-refractivity contribution in [2.24, 2.45) is 17.3 Å². The van der Waals surface area contributed by atoms with Crippen molar-refractivity contribution in [2.45, 2.75) is 53.4 Å². The lowest BCUT2D eigenvalue weighted by atomic mass is 9.75. The van der Waals surface area contributed by atoms with Crippen molar-refractivity contribution >= 4 is 11.9 Å². The first-order valence-corrected chi connectivity index (χ1v) is 6.97.